The maximum absolute atomic E-state index is 12.7. The van der Waals surface area contributed by atoms with Crippen molar-refractivity contribution in [3.63, 3.8) is 0 Å². The molecule has 0 atom stereocenters. The third-order valence-electron chi connectivity index (χ3n) is 3.54. The third-order valence-corrected chi connectivity index (χ3v) is 3.54. The number of carbonyl (C=O) groups is 1. The van der Waals surface area contributed by atoms with Gasteiger partial charge in [0.1, 0.15) is 5.82 Å². The summed E-state index contributed by atoms with van der Waals surface area (Å²) in [5.74, 6) is 0.495. The molecule has 4 heteroatoms. The second kappa shape index (κ2) is 8.65. The van der Waals surface area contributed by atoms with Gasteiger partial charge in [-0.1, -0.05) is 33.1 Å². The monoisotopic (exact) mass is 291 g/mol. The number of hydrogen-bond donors (Lipinski definition) is 1. The lowest BCUT2D eigenvalue weighted by molar-refractivity contribution is 0.0702. The highest BCUT2D eigenvalue weighted by Crippen LogP contribution is 2.15. The maximum Gasteiger partial charge on any atom is 0.254 e. The van der Waals surface area contributed by atoms with Crippen LogP contribution in [0.4, 0.5) is 5.82 Å². The van der Waals surface area contributed by atoms with Crippen molar-refractivity contribution in [2.45, 2.75) is 65.8 Å². The van der Waals surface area contributed by atoms with Crippen LogP contribution >= 0.6 is 0 Å². The molecule has 1 aromatic rings. The summed E-state index contributed by atoms with van der Waals surface area (Å²) in [6, 6.07) is 3.77. The number of nitrogens with two attached hydrogens (primary N) is 1. The lowest BCUT2D eigenvalue weighted by Gasteiger charge is -2.27. The first kappa shape index (κ1) is 17.5. The van der Waals surface area contributed by atoms with E-state index in [0.717, 1.165) is 44.3 Å². The number of unbranched alkanes of at least 4 members (excludes halogenated alkanes) is 2. The van der Waals surface area contributed by atoms with Gasteiger partial charge in [-0.05, 0) is 38.8 Å². The van der Waals surface area contributed by atoms with E-state index in [9.17, 15) is 4.79 Å². The van der Waals surface area contributed by atoms with Gasteiger partial charge in [0.05, 0.1) is 0 Å². The molecule has 21 heavy (non-hydrogen) atoms. The number of rotatable bonds is 8. The largest absolute Gasteiger partial charge is 0.384 e. The molecule has 0 aliphatic carbocycles. The van der Waals surface area contributed by atoms with Gasteiger partial charge in [0.15, 0.2) is 0 Å². The molecule has 2 N–H and O–H groups in total. The van der Waals surface area contributed by atoms with Gasteiger partial charge in [0.2, 0.25) is 0 Å². The molecule has 118 valence electrons. The molecular formula is C17H29N3O. The van der Waals surface area contributed by atoms with Gasteiger partial charge in [0, 0.05) is 23.8 Å². The fourth-order valence-corrected chi connectivity index (χ4v) is 2.41. The minimum absolute atomic E-state index is 0.0626. The summed E-state index contributed by atoms with van der Waals surface area (Å²) in [7, 11) is 0. The summed E-state index contributed by atoms with van der Waals surface area (Å²) < 4.78 is 0. The van der Waals surface area contributed by atoms with E-state index < -0.39 is 0 Å². The highest BCUT2D eigenvalue weighted by Gasteiger charge is 2.19. The van der Waals surface area contributed by atoms with Crippen LogP contribution in [0.1, 0.15) is 69.4 Å². The molecule has 0 fully saturated rings. The third kappa shape index (κ3) is 5.37. The first-order valence-electron chi connectivity index (χ1n) is 8.07. The molecule has 0 bridgehead atoms. The van der Waals surface area contributed by atoms with Crippen molar-refractivity contribution < 1.29 is 4.79 Å². The second-order valence-electron chi connectivity index (χ2n) is 5.82. The van der Waals surface area contributed by atoms with E-state index in [4.69, 9.17) is 5.73 Å². The number of amides is 1. The van der Waals surface area contributed by atoms with Gasteiger partial charge in [-0.15, -0.1) is 0 Å². The van der Waals surface area contributed by atoms with Gasteiger partial charge < -0.3 is 10.6 Å². The molecule has 0 spiro atoms. The van der Waals surface area contributed by atoms with Crippen LogP contribution in [0.2, 0.25) is 0 Å². The smallest absolute Gasteiger partial charge is 0.254 e. The molecule has 0 aliphatic heterocycles. The molecule has 1 amide bonds. The minimum Gasteiger partial charge on any atom is -0.384 e. The van der Waals surface area contributed by atoms with Crippen molar-refractivity contribution in [2.24, 2.45) is 0 Å². The van der Waals surface area contributed by atoms with Gasteiger partial charge in [-0.25, -0.2) is 4.98 Å². The van der Waals surface area contributed by atoms with E-state index >= 15 is 0 Å². The Morgan fingerprint density at radius 3 is 2.52 bits per heavy atom. The Balaban J connectivity index is 2.92. The van der Waals surface area contributed by atoms with Gasteiger partial charge >= 0.3 is 0 Å². The predicted molar refractivity (Wildman–Crippen MR) is 88.3 cm³/mol. The Morgan fingerprint density at radius 2 is 1.95 bits per heavy atom. The van der Waals surface area contributed by atoms with E-state index in [-0.39, 0.29) is 11.9 Å². The van der Waals surface area contributed by atoms with Crippen molar-refractivity contribution in [1.82, 2.24) is 9.88 Å². The molecule has 0 radical (unpaired) electrons. The van der Waals surface area contributed by atoms with Gasteiger partial charge in [-0.2, -0.15) is 0 Å². The number of pyridine rings is 1. The summed E-state index contributed by atoms with van der Waals surface area (Å²) in [5.41, 5.74) is 7.41. The topological polar surface area (TPSA) is 59.2 Å². The molecule has 1 rings (SSSR count). The lowest BCUT2D eigenvalue weighted by Crippen LogP contribution is -2.37. The number of nitrogen functional groups attached to an aromatic ring is 1. The van der Waals surface area contributed by atoms with Crippen LogP contribution in [0.3, 0.4) is 0 Å². The van der Waals surface area contributed by atoms with Gasteiger partial charge in [-0.3, -0.25) is 4.79 Å². The van der Waals surface area contributed by atoms with E-state index in [1.165, 1.54) is 0 Å². The summed E-state index contributed by atoms with van der Waals surface area (Å²) in [6.45, 7) is 9.18. The summed E-state index contributed by atoms with van der Waals surface area (Å²) in [5, 5.41) is 0. The molecular weight excluding hydrogens is 262 g/mol. The van der Waals surface area contributed by atoms with Crippen LogP contribution < -0.4 is 5.73 Å². The average molecular weight is 291 g/mol. The first-order valence-corrected chi connectivity index (χ1v) is 8.07. The Hall–Kier alpha value is -1.58. The van der Waals surface area contributed by atoms with Crippen molar-refractivity contribution in [3.05, 3.63) is 23.4 Å². The number of aryl methyl sites for hydroxylation is 1. The molecule has 0 aromatic carbocycles. The maximum atomic E-state index is 12.7. The van der Waals surface area contributed by atoms with E-state index in [2.05, 4.69) is 32.7 Å². The van der Waals surface area contributed by atoms with Crippen LogP contribution in [0.25, 0.3) is 0 Å². The van der Waals surface area contributed by atoms with E-state index in [0.29, 0.717) is 11.4 Å². The van der Waals surface area contributed by atoms with Crippen molar-refractivity contribution in [3.8, 4) is 0 Å². The number of aromatic nitrogens is 1. The standard InChI is InChI=1S/C17H29N3O/c1-5-7-8-10-20(13(3)4)17(21)14-11-15(9-6-2)19-16(18)12-14/h11-13H,5-10H2,1-4H3,(H2,18,19). The van der Waals surface area contributed by atoms with Crippen LogP contribution in [0.15, 0.2) is 12.1 Å². The SMILES string of the molecule is CCCCCN(C(=O)c1cc(N)nc(CCC)c1)C(C)C. The van der Waals surface area contributed by atoms with Crippen LogP contribution in [-0.4, -0.2) is 28.4 Å². The molecule has 1 aromatic heterocycles. The van der Waals surface area contributed by atoms with E-state index in [1.54, 1.807) is 6.07 Å². The Kier molecular flexibility index (Phi) is 7.20. The van der Waals surface area contributed by atoms with Gasteiger partial charge in [0.25, 0.3) is 5.91 Å². The van der Waals surface area contributed by atoms with Crippen molar-refractivity contribution in [1.29, 1.82) is 0 Å². The van der Waals surface area contributed by atoms with Crippen LogP contribution in [-0.2, 0) is 6.42 Å². The highest BCUT2D eigenvalue weighted by molar-refractivity contribution is 5.95. The number of anilines is 1. The first-order chi connectivity index (χ1) is 9.99. The zero-order valence-electron chi connectivity index (χ0n) is 13.9. The Bertz CT molecular complexity index is 457. The summed E-state index contributed by atoms with van der Waals surface area (Å²) in [6.07, 6.45) is 5.19. The summed E-state index contributed by atoms with van der Waals surface area (Å²) in [4.78, 5) is 19.0. The fraction of sp³-hybridized carbons (Fsp3) is 0.647. The number of nitrogens with zero attached hydrogens (tertiary/aromatic N) is 2. The number of carbonyl (C=O) groups excluding carboxylic acids is 1. The predicted octanol–water partition coefficient (Wildman–Crippen LogP) is 3.66. The molecule has 1 heterocycles. The summed E-state index contributed by atoms with van der Waals surface area (Å²) >= 11 is 0. The fourth-order valence-electron chi connectivity index (χ4n) is 2.41. The molecule has 4 nitrogen and oxygen atoms in total. The van der Waals surface area contributed by atoms with Crippen LogP contribution in [0.5, 0.6) is 0 Å². The lowest BCUT2D eigenvalue weighted by atomic mass is 10.1. The van der Waals surface area contributed by atoms with Crippen molar-refractivity contribution >= 4 is 11.7 Å². The highest BCUT2D eigenvalue weighted by atomic mass is 16.2. The zero-order chi connectivity index (χ0) is 15.8. The average Bonchev–Trinajstić information content (AvgIpc) is 2.42. The normalized spacial score (nSPS) is 10.9. The Morgan fingerprint density at radius 1 is 1.24 bits per heavy atom. The number of hydrogen-bond acceptors (Lipinski definition) is 3. The quantitative estimate of drug-likeness (QED) is 0.744. The van der Waals surface area contributed by atoms with Crippen LogP contribution in [0, 0.1) is 0 Å². The Labute approximate surface area is 128 Å². The molecule has 0 saturated carbocycles. The second-order valence-corrected chi connectivity index (χ2v) is 5.82. The van der Waals surface area contributed by atoms with Crippen molar-refractivity contribution in [2.75, 3.05) is 12.3 Å². The molecule has 0 saturated heterocycles. The van der Waals surface area contributed by atoms with E-state index in [1.807, 2.05) is 11.0 Å². The molecule has 0 unspecified atom stereocenters. The minimum atomic E-state index is 0.0626. The zero-order valence-corrected chi connectivity index (χ0v) is 13.9. The molecule has 0 aliphatic rings.